The molecule has 0 aliphatic carbocycles. The van der Waals surface area contributed by atoms with Crippen molar-refractivity contribution in [3.05, 3.63) is 65.7 Å². The van der Waals surface area contributed by atoms with Crippen LogP contribution in [0.15, 0.2) is 53.7 Å². The topological polar surface area (TPSA) is 75.0 Å². The molecule has 0 N–H and O–H groups in total. The number of rotatable bonds is 4. The largest absolute Gasteiger partial charge is 0.485 e. The first kappa shape index (κ1) is 17.9. The highest BCUT2D eigenvalue weighted by Gasteiger charge is 2.27. The normalized spacial score (nSPS) is 15.6. The molecule has 4 aromatic rings. The first-order valence-electron chi connectivity index (χ1n) is 9.32. The van der Waals surface area contributed by atoms with E-state index in [0.29, 0.717) is 12.4 Å². The van der Waals surface area contributed by atoms with Gasteiger partial charge in [-0.3, -0.25) is 0 Å². The zero-order valence-electron chi connectivity index (χ0n) is 16.1. The first-order chi connectivity index (χ1) is 14.2. The van der Waals surface area contributed by atoms with Crippen molar-refractivity contribution in [3.8, 4) is 11.5 Å². The summed E-state index contributed by atoms with van der Waals surface area (Å²) in [7, 11) is 1.94. The predicted molar refractivity (Wildman–Crippen MR) is 110 cm³/mol. The van der Waals surface area contributed by atoms with E-state index in [9.17, 15) is 0 Å². The van der Waals surface area contributed by atoms with Gasteiger partial charge in [0.2, 0.25) is 0 Å². The van der Waals surface area contributed by atoms with E-state index in [1.165, 1.54) is 0 Å². The lowest BCUT2D eigenvalue weighted by Gasteiger charge is -2.25. The van der Waals surface area contributed by atoms with Crippen LogP contribution in [0.4, 0.5) is 0 Å². The van der Waals surface area contributed by atoms with E-state index in [-0.39, 0.29) is 6.10 Å². The van der Waals surface area contributed by atoms with Crippen molar-refractivity contribution in [2.45, 2.75) is 23.9 Å². The van der Waals surface area contributed by atoms with Gasteiger partial charge >= 0.3 is 0 Å². The molecule has 0 amide bonds. The van der Waals surface area contributed by atoms with E-state index >= 15 is 0 Å². The maximum absolute atomic E-state index is 6.06. The van der Waals surface area contributed by atoms with Crippen LogP contribution in [0.1, 0.15) is 23.3 Å². The average Bonchev–Trinajstić information content (AvgIpc) is 3.12. The third kappa shape index (κ3) is 3.40. The highest BCUT2D eigenvalue weighted by molar-refractivity contribution is 7.98. The van der Waals surface area contributed by atoms with Gasteiger partial charge in [0.1, 0.15) is 6.61 Å². The van der Waals surface area contributed by atoms with Crippen LogP contribution >= 0.6 is 11.8 Å². The van der Waals surface area contributed by atoms with Gasteiger partial charge in [0.15, 0.2) is 28.6 Å². The standard InChI is InChI=1S/C21H19N5O2S/c1-13-16(23-15-8-4-3-7-14(15)22-13)12-29-21-25-24-20(26(21)2)19-11-27-17-9-5-6-10-18(17)28-19/h3-10,19H,11-12H2,1-2H3. The molecule has 3 heterocycles. The van der Waals surface area contributed by atoms with Gasteiger partial charge in [0, 0.05) is 12.8 Å². The van der Waals surface area contributed by atoms with E-state index in [1.807, 2.05) is 67.1 Å². The maximum Gasteiger partial charge on any atom is 0.192 e. The van der Waals surface area contributed by atoms with Crippen LogP contribution in [-0.4, -0.2) is 31.3 Å². The Hall–Kier alpha value is -3.13. The molecule has 0 bridgehead atoms. The quantitative estimate of drug-likeness (QED) is 0.477. The molecule has 1 aliphatic heterocycles. The van der Waals surface area contributed by atoms with Crippen molar-refractivity contribution in [3.63, 3.8) is 0 Å². The second-order valence-corrected chi connectivity index (χ2v) is 7.74. The van der Waals surface area contributed by atoms with Crippen LogP contribution in [0, 0.1) is 6.92 Å². The Kier molecular flexibility index (Phi) is 4.55. The highest BCUT2D eigenvalue weighted by Crippen LogP contribution is 2.36. The fraction of sp³-hybridized carbons (Fsp3) is 0.238. The number of aryl methyl sites for hydroxylation is 1. The molecule has 7 nitrogen and oxygen atoms in total. The first-order valence-corrected chi connectivity index (χ1v) is 10.3. The van der Waals surface area contributed by atoms with Crippen molar-refractivity contribution in [2.24, 2.45) is 7.05 Å². The van der Waals surface area contributed by atoms with Crippen LogP contribution < -0.4 is 9.47 Å². The lowest BCUT2D eigenvalue weighted by atomic mass is 10.2. The third-order valence-electron chi connectivity index (χ3n) is 4.85. The number of benzene rings is 2. The minimum absolute atomic E-state index is 0.293. The molecule has 0 saturated carbocycles. The predicted octanol–water partition coefficient (Wildman–Crippen LogP) is 3.87. The minimum Gasteiger partial charge on any atom is -0.485 e. The van der Waals surface area contributed by atoms with Crippen LogP contribution in [0.25, 0.3) is 11.0 Å². The monoisotopic (exact) mass is 405 g/mol. The zero-order chi connectivity index (χ0) is 19.8. The second-order valence-electron chi connectivity index (χ2n) is 6.80. The summed E-state index contributed by atoms with van der Waals surface area (Å²) < 4.78 is 13.8. The van der Waals surface area contributed by atoms with Crippen LogP contribution in [0.3, 0.4) is 0 Å². The molecule has 0 radical (unpaired) electrons. The number of hydrogen-bond acceptors (Lipinski definition) is 7. The minimum atomic E-state index is -0.293. The van der Waals surface area contributed by atoms with Gasteiger partial charge in [0.25, 0.3) is 0 Å². The zero-order valence-corrected chi connectivity index (χ0v) is 16.9. The fourth-order valence-electron chi connectivity index (χ4n) is 3.27. The van der Waals surface area contributed by atoms with Crippen molar-refractivity contribution in [1.29, 1.82) is 0 Å². The van der Waals surface area contributed by atoms with Crippen molar-refractivity contribution in [2.75, 3.05) is 6.61 Å². The Labute approximate surface area is 172 Å². The summed E-state index contributed by atoms with van der Waals surface area (Å²) in [5, 5.41) is 9.50. The molecule has 146 valence electrons. The van der Waals surface area contributed by atoms with Crippen molar-refractivity contribution in [1.82, 2.24) is 24.7 Å². The summed E-state index contributed by atoms with van der Waals surface area (Å²) in [5.74, 6) is 2.89. The average molecular weight is 405 g/mol. The number of thioether (sulfide) groups is 1. The summed E-state index contributed by atoms with van der Waals surface area (Å²) >= 11 is 1.58. The molecule has 1 unspecified atom stereocenters. The van der Waals surface area contributed by atoms with E-state index in [0.717, 1.165) is 44.9 Å². The lowest BCUT2D eigenvalue weighted by molar-refractivity contribution is 0.0825. The molecule has 2 aromatic heterocycles. The smallest absolute Gasteiger partial charge is 0.192 e. The van der Waals surface area contributed by atoms with Crippen molar-refractivity contribution < 1.29 is 9.47 Å². The Morgan fingerprint density at radius 3 is 2.55 bits per heavy atom. The van der Waals surface area contributed by atoms with Crippen LogP contribution in [0.5, 0.6) is 11.5 Å². The van der Waals surface area contributed by atoms with E-state index in [1.54, 1.807) is 11.8 Å². The second kappa shape index (κ2) is 7.36. The number of ether oxygens (including phenoxy) is 2. The molecule has 1 aliphatic rings. The Morgan fingerprint density at radius 1 is 1.00 bits per heavy atom. The SMILES string of the molecule is Cc1nc2ccccc2nc1CSc1nnc(C2COc3ccccc3O2)n1C. The summed E-state index contributed by atoms with van der Waals surface area (Å²) in [4.78, 5) is 9.41. The molecule has 0 fully saturated rings. The Bertz CT molecular complexity index is 1190. The number of aromatic nitrogens is 5. The van der Waals surface area contributed by atoms with Gasteiger partial charge in [-0.15, -0.1) is 10.2 Å². The number of hydrogen-bond donors (Lipinski definition) is 0. The number of fused-ring (bicyclic) bond motifs is 2. The Morgan fingerprint density at radius 2 is 1.72 bits per heavy atom. The molecule has 1 atom stereocenters. The van der Waals surface area contributed by atoms with E-state index in [4.69, 9.17) is 14.5 Å². The van der Waals surface area contributed by atoms with Crippen LogP contribution in [-0.2, 0) is 12.8 Å². The lowest BCUT2D eigenvalue weighted by Crippen LogP contribution is -2.24. The molecule has 5 rings (SSSR count). The molecular formula is C21H19N5O2S. The van der Waals surface area contributed by atoms with Gasteiger partial charge in [-0.2, -0.15) is 0 Å². The van der Waals surface area contributed by atoms with E-state index < -0.39 is 0 Å². The fourth-order valence-corrected chi connectivity index (χ4v) is 4.20. The molecule has 0 spiro atoms. The van der Waals surface area contributed by atoms with Crippen molar-refractivity contribution >= 4 is 22.8 Å². The summed E-state index contributed by atoms with van der Waals surface area (Å²) in [6.45, 7) is 2.39. The highest BCUT2D eigenvalue weighted by atomic mass is 32.2. The van der Waals surface area contributed by atoms with Gasteiger partial charge < -0.3 is 14.0 Å². The van der Waals surface area contributed by atoms with Gasteiger partial charge in [0.05, 0.1) is 22.4 Å². The van der Waals surface area contributed by atoms with Gasteiger partial charge in [-0.05, 0) is 31.2 Å². The Balaban J connectivity index is 1.34. The molecule has 0 saturated heterocycles. The van der Waals surface area contributed by atoms with Gasteiger partial charge in [-0.1, -0.05) is 36.0 Å². The summed E-state index contributed by atoms with van der Waals surface area (Å²) in [6.07, 6.45) is -0.293. The number of nitrogens with zero attached hydrogens (tertiary/aromatic N) is 5. The van der Waals surface area contributed by atoms with E-state index in [2.05, 4.69) is 15.2 Å². The summed E-state index contributed by atoms with van der Waals surface area (Å²) in [5.41, 5.74) is 3.69. The third-order valence-corrected chi connectivity index (χ3v) is 5.88. The maximum atomic E-state index is 6.06. The molecule has 8 heteroatoms. The van der Waals surface area contributed by atoms with Gasteiger partial charge in [-0.25, -0.2) is 9.97 Å². The summed E-state index contributed by atoms with van der Waals surface area (Å²) in [6, 6.07) is 15.6. The molecular weight excluding hydrogens is 386 g/mol. The molecule has 29 heavy (non-hydrogen) atoms. The molecule has 2 aromatic carbocycles. The number of para-hydroxylation sites is 4. The van der Waals surface area contributed by atoms with Crippen LogP contribution in [0.2, 0.25) is 0 Å².